The van der Waals surface area contributed by atoms with Crippen LogP contribution in [0.1, 0.15) is 43.0 Å². The highest BCUT2D eigenvalue weighted by molar-refractivity contribution is 6.33. The highest BCUT2D eigenvalue weighted by Gasteiger charge is 2.22. The van der Waals surface area contributed by atoms with Crippen molar-refractivity contribution < 1.29 is 4.79 Å². The monoisotopic (exact) mass is 281 g/mol. The van der Waals surface area contributed by atoms with Gasteiger partial charge in [0.1, 0.15) is 5.82 Å². The Morgan fingerprint density at radius 3 is 3.00 bits per heavy atom. The Labute approximate surface area is 118 Å². The second-order valence-electron chi connectivity index (χ2n) is 5.32. The Hall–Kier alpha value is -1.29. The van der Waals surface area contributed by atoms with Gasteiger partial charge in [0, 0.05) is 12.7 Å². The van der Waals surface area contributed by atoms with Crippen LogP contribution >= 0.6 is 11.6 Å². The zero-order valence-electron chi connectivity index (χ0n) is 11.2. The van der Waals surface area contributed by atoms with E-state index >= 15 is 0 Å². The zero-order chi connectivity index (χ0) is 13.8. The molecule has 0 spiro atoms. The molecule has 1 fully saturated rings. The highest BCUT2D eigenvalue weighted by Crippen LogP contribution is 2.29. The summed E-state index contributed by atoms with van der Waals surface area (Å²) in [5, 5.41) is 3.30. The van der Waals surface area contributed by atoms with Gasteiger partial charge in [0.15, 0.2) is 0 Å². The number of halogens is 1. The first kappa shape index (κ1) is 14.1. The molecule has 0 saturated heterocycles. The molecule has 1 aliphatic rings. The number of rotatable bonds is 3. The standard InChI is InChI=1S/C14H20ClN3O/c1-9-4-2-3-5-10(9)7-18-14(19)11-6-13(16)17-8-12(11)15/h6,8-10H,2-5,7H2,1H3,(H2,16,17)(H,18,19). The largest absolute Gasteiger partial charge is 0.384 e. The molecule has 1 aromatic rings. The SMILES string of the molecule is CC1CCCCC1CNC(=O)c1cc(N)ncc1Cl. The van der Waals surface area contributed by atoms with E-state index in [1.807, 2.05) is 0 Å². The van der Waals surface area contributed by atoms with Crippen LogP contribution in [0.4, 0.5) is 5.82 Å². The minimum atomic E-state index is -0.170. The van der Waals surface area contributed by atoms with Gasteiger partial charge in [-0.05, 0) is 24.3 Å². The number of nitrogens with two attached hydrogens (primary N) is 1. The third-order valence-corrected chi connectivity index (χ3v) is 4.24. The van der Waals surface area contributed by atoms with Crippen molar-refractivity contribution in [2.75, 3.05) is 12.3 Å². The van der Waals surface area contributed by atoms with E-state index in [0.29, 0.717) is 34.8 Å². The van der Waals surface area contributed by atoms with Gasteiger partial charge < -0.3 is 11.1 Å². The van der Waals surface area contributed by atoms with Gasteiger partial charge in [-0.3, -0.25) is 4.79 Å². The van der Waals surface area contributed by atoms with E-state index in [1.165, 1.54) is 37.9 Å². The van der Waals surface area contributed by atoms with Crippen molar-refractivity contribution >= 4 is 23.3 Å². The van der Waals surface area contributed by atoms with Crippen LogP contribution in [0.3, 0.4) is 0 Å². The van der Waals surface area contributed by atoms with E-state index in [1.54, 1.807) is 0 Å². The number of aromatic nitrogens is 1. The van der Waals surface area contributed by atoms with Gasteiger partial charge in [-0.15, -0.1) is 0 Å². The lowest BCUT2D eigenvalue weighted by atomic mass is 9.80. The molecule has 4 nitrogen and oxygen atoms in total. The summed E-state index contributed by atoms with van der Waals surface area (Å²) >= 11 is 5.96. The van der Waals surface area contributed by atoms with Gasteiger partial charge in [-0.2, -0.15) is 0 Å². The number of hydrogen-bond donors (Lipinski definition) is 2. The molecule has 1 amide bonds. The van der Waals surface area contributed by atoms with Crippen LogP contribution < -0.4 is 11.1 Å². The van der Waals surface area contributed by atoms with Gasteiger partial charge in [0.05, 0.1) is 10.6 Å². The van der Waals surface area contributed by atoms with Crippen molar-refractivity contribution in [3.05, 3.63) is 22.8 Å². The third kappa shape index (κ3) is 3.60. The second-order valence-corrected chi connectivity index (χ2v) is 5.73. The van der Waals surface area contributed by atoms with Crippen LogP contribution in [0.5, 0.6) is 0 Å². The average molecular weight is 282 g/mol. The third-order valence-electron chi connectivity index (χ3n) is 3.94. The molecule has 1 saturated carbocycles. The van der Waals surface area contributed by atoms with Gasteiger partial charge >= 0.3 is 0 Å². The maximum atomic E-state index is 12.1. The quantitative estimate of drug-likeness (QED) is 0.895. The number of anilines is 1. The van der Waals surface area contributed by atoms with Crippen LogP contribution in [0.2, 0.25) is 5.02 Å². The summed E-state index contributed by atoms with van der Waals surface area (Å²) in [5.41, 5.74) is 5.98. The van der Waals surface area contributed by atoms with Gasteiger partial charge in [0.25, 0.3) is 5.91 Å². The zero-order valence-corrected chi connectivity index (χ0v) is 11.9. The van der Waals surface area contributed by atoms with Crippen LogP contribution in [0.15, 0.2) is 12.3 Å². The molecule has 2 rings (SSSR count). The van der Waals surface area contributed by atoms with Crippen molar-refractivity contribution in [2.24, 2.45) is 11.8 Å². The summed E-state index contributed by atoms with van der Waals surface area (Å²) in [4.78, 5) is 15.9. The predicted molar refractivity (Wildman–Crippen MR) is 77.1 cm³/mol. The molecule has 0 aliphatic heterocycles. The fourth-order valence-corrected chi connectivity index (χ4v) is 2.83. The number of hydrogen-bond acceptors (Lipinski definition) is 3. The summed E-state index contributed by atoms with van der Waals surface area (Å²) in [6.45, 7) is 2.96. The lowest BCUT2D eigenvalue weighted by molar-refractivity contribution is 0.0936. The highest BCUT2D eigenvalue weighted by atomic mass is 35.5. The Balaban J connectivity index is 1.95. The van der Waals surface area contributed by atoms with E-state index in [0.717, 1.165) is 0 Å². The van der Waals surface area contributed by atoms with E-state index in [4.69, 9.17) is 17.3 Å². The van der Waals surface area contributed by atoms with Crippen molar-refractivity contribution in [1.29, 1.82) is 0 Å². The molecule has 104 valence electrons. The minimum Gasteiger partial charge on any atom is -0.384 e. The molecule has 2 atom stereocenters. The number of carbonyl (C=O) groups excluding carboxylic acids is 1. The molecule has 1 aromatic heterocycles. The smallest absolute Gasteiger partial charge is 0.252 e. The van der Waals surface area contributed by atoms with E-state index in [-0.39, 0.29) is 5.91 Å². The van der Waals surface area contributed by atoms with Gasteiger partial charge in [-0.1, -0.05) is 37.8 Å². The molecule has 0 aromatic carbocycles. The number of nitrogens with zero attached hydrogens (tertiary/aromatic N) is 1. The number of nitrogen functional groups attached to an aromatic ring is 1. The van der Waals surface area contributed by atoms with E-state index in [9.17, 15) is 4.79 Å². The molecule has 19 heavy (non-hydrogen) atoms. The average Bonchev–Trinajstić information content (AvgIpc) is 2.40. The first-order chi connectivity index (χ1) is 9.08. The minimum absolute atomic E-state index is 0.170. The molecule has 0 radical (unpaired) electrons. The Bertz CT molecular complexity index is 464. The van der Waals surface area contributed by atoms with Crippen LogP contribution in [-0.2, 0) is 0 Å². The summed E-state index contributed by atoms with van der Waals surface area (Å²) in [6.07, 6.45) is 6.42. The molecule has 1 heterocycles. The Morgan fingerprint density at radius 2 is 2.26 bits per heavy atom. The lowest BCUT2D eigenvalue weighted by Crippen LogP contribution is -2.33. The van der Waals surface area contributed by atoms with Crippen molar-refractivity contribution in [2.45, 2.75) is 32.6 Å². The van der Waals surface area contributed by atoms with Gasteiger partial charge in [-0.25, -0.2) is 4.98 Å². The summed E-state index contributed by atoms with van der Waals surface area (Å²) in [5.74, 6) is 1.38. The molecule has 3 N–H and O–H groups in total. The summed E-state index contributed by atoms with van der Waals surface area (Å²) < 4.78 is 0. The maximum Gasteiger partial charge on any atom is 0.252 e. The Morgan fingerprint density at radius 1 is 1.53 bits per heavy atom. The fraction of sp³-hybridized carbons (Fsp3) is 0.571. The molecule has 1 aliphatic carbocycles. The normalized spacial score (nSPS) is 23.1. The van der Waals surface area contributed by atoms with Crippen molar-refractivity contribution in [3.8, 4) is 0 Å². The molecule has 2 unspecified atom stereocenters. The predicted octanol–water partition coefficient (Wildman–Crippen LogP) is 2.87. The summed E-state index contributed by atoms with van der Waals surface area (Å²) in [7, 11) is 0. The second kappa shape index (κ2) is 6.24. The van der Waals surface area contributed by atoms with Crippen LogP contribution in [0.25, 0.3) is 0 Å². The molecular formula is C14H20ClN3O. The molecule has 0 bridgehead atoms. The first-order valence-electron chi connectivity index (χ1n) is 6.77. The maximum absolute atomic E-state index is 12.1. The molecule has 5 heteroatoms. The van der Waals surface area contributed by atoms with E-state index in [2.05, 4.69) is 17.2 Å². The Kier molecular flexibility index (Phi) is 4.64. The fourth-order valence-electron chi connectivity index (χ4n) is 2.64. The molecular weight excluding hydrogens is 262 g/mol. The number of amides is 1. The van der Waals surface area contributed by atoms with E-state index < -0.39 is 0 Å². The summed E-state index contributed by atoms with van der Waals surface area (Å²) in [6, 6.07) is 1.52. The topological polar surface area (TPSA) is 68.0 Å². The van der Waals surface area contributed by atoms with Crippen LogP contribution in [0, 0.1) is 11.8 Å². The van der Waals surface area contributed by atoms with Crippen LogP contribution in [-0.4, -0.2) is 17.4 Å². The van der Waals surface area contributed by atoms with Crippen molar-refractivity contribution in [3.63, 3.8) is 0 Å². The number of nitrogens with one attached hydrogen (secondary N) is 1. The van der Waals surface area contributed by atoms with Crippen molar-refractivity contribution in [1.82, 2.24) is 10.3 Å². The first-order valence-corrected chi connectivity index (χ1v) is 7.15. The number of carbonyl (C=O) groups is 1. The number of pyridine rings is 1. The van der Waals surface area contributed by atoms with Gasteiger partial charge in [0.2, 0.25) is 0 Å². The lowest BCUT2D eigenvalue weighted by Gasteiger charge is -2.28.